The fourth-order valence-corrected chi connectivity index (χ4v) is 6.20. The smallest absolute Gasteiger partial charge is 0.183 e. The van der Waals surface area contributed by atoms with Crippen molar-refractivity contribution in [3.63, 3.8) is 0 Å². The van der Waals surface area contributed by atoms with E-state index in [-0.39, 0.29) is 6.61 Å². The first-order valence-electron chi connectivity index (χ1n) is 16.4. The van der Waals surface area contributed by atoms with Gasteiger partial charge in [0.1, 0.15) is 35.6 Å². The lowest BCUT2D eigenvalue weighted by atomic mass is 9.96. The van der Waals surface area contributed by atoms with Crippen molar-refractivity contribution < 1.29 is 37.9 Å². The summed E-state index contributed by atoms with van der Waals surface area (Å²) in [5.74, 6) is 2.38. The van der Waals surface area contributed by atoms with E-state index in [0.717, 1.165) is 52.4 Å². The zero-order chi connectivity index (χ0) is 34.3. The summed E-state index contributed by atoms with van der Waals surface area (Å²) in [7, 11) is 4.97. The van der Waals surface area contributed by atoms with Crippen LogP contribution < -0.4 is 14.2 Å². The van der Waals surface area contributed by atoms with Crippen LogP contribution in [0.1, 0.15) is 28.7 Å². The maximum atomic E-state index is 6.72. The Balaban J connectivity index is 1.35. The SMILES string of the molecule is COc1ccc(COCC2O[C@H](OCCCc3ccccc3)/C(=C\I)C(OCc3ccc(OC)cc3)C2OCc2ccc(OC)cc2)cc1. The average molecular weight is 781 g/mol. The molecule has 4 aromatic rings. The van der Waals surface area contributed by atoms with Gasteiger partial charge in [-0.25, -0.2) is 0 Å². The largest absolute Gasteiger partial charge is 0.497 e. The van der Waals surface area contributed by atoms with Crippen LogP contribution in [0.15, 0.2) is 113 Å². The predicted molar refractivity (Wildman–Crippen MR) is 197 cm³/mol. The lowest BCUT2D eigenvalue weighted by Crippen LogP contribution is -2.54. The maximum absolute atomic E-state index is 6.72. The lowest BCUT2D eigenvalue weighted by Gasteiger charge is -2.43. The first-order chi connectivity index (χ1) is 24.1. The Hall–Kier alpha value is -3.45. The summed E-state index contributed by atoms with van der Waals surface area (Å²) in [6.07, 6.45) is -0.274. The molecular weight excluding hydrogens is 735 g/mol. The van der Waals surface area contributed by atoms with E-state index in [1.165, 1.54) is 5.56 Å². The average Bonchev–Trinajstić information content (AvgIpc) is 3.16. The Morgan fingerprint density at radius 1 is 0.612 bits per heavy atom. The summed E-state index contributed by atoms with van der Waals surface area (Å²) in [5.41, 5.74) is 5.20. The summed E-state index contributed by atoms with van der Waals surface area (Å²) >= 11 is 2.25. The second kappa shape index (κ2) is 19.7. The zero-order valence-corrected chi connectivity index (χ0v) is 30.5. The molecule has 1 fully saturated rings. The Bertz CT molecular complexity index is 1540. The van der Waals surface area contributed by atoms with Crippen LogP contribution in [0.4, 0.5) is 0 Å². The summed E-state index contributed by atoms with van der Waals surface area (Å²) in [6, 6.07) is 34.0. The van der Waals surface area contributed by atoms with Crippen molar-refractivity contribution in [2.24, 2.45) is 0 Å². The number of halogens is 1. The van der Waals surface area contributed by atoms with E-state index in [2.05, 4.69) is 46.9 Å². The van der Waals surface area contributed by atoms with Crippen molar-refractivity contribution in [3.8, 4) is 17.2 Å². The number of hydrogen-bond donors (Lipinski definition) is 0. The third kappa shape index (κ3) is 11.0. The second-order valence-corrected chi connectivity index (χ2v) is 12.3. The van der Waals surface area contributed by atoms with Crippen molar-refractivity contribution >= 4 is 22.6 Å². The van der Waals surface area contributed by atoms with Crippen molar-refractivity contribution in [1.29, 1.82) is 0 Å². The Morgan fingerprint density at radius 3 is 1.67 bits per heavy atom. The van der Waals surface area contributed by atoms with Gasteiger partial charge in [0, 0.05) is 5.57 Å². The minimum atomic E-state index is -0.621. The molecule has 0 N–H and O–H groups in total. The fraction of sp³-hybridized carbons (Fsp3) is 0.350. The van der Waals surface area contributed by atoms with Crippen molar-refractivity contribution in [1.82, 2.24) is 0 Å². The van der Waals surface area contributed by atoms with Crippen molar-refractivity contribution in [2.45, 2.75) is 57.3 Å². The Kier molecular flexibility index (Phi) is 14.8. The molecule has 1 saturated heterocycles. The Morgan fingerprint density at radius 2 is 1.14 bits per heavy atom. The van der Waals surface area contributed by atoms with Crippen LogP contribution in [0.3, 0.4) is 0 Å². The molecule has 260 valence electrons. The molecule has 5 rings (SSSR count). The van der Waals surface area contributed by atoms with Gasteiger partial charge in [0.25, 0.3) is 0 Å². The summed E-state index contributed by atoms with van der Waals surface area (Å²) in [6.45, 7) is 1.93. The standard InChI is InChI=1S/C40H45IO8/c1-42-33-17-11-30(12-18-33)25-45-28-37-39(48-27-32-15-21-35(44-3)22-16-32)38(47-26-31-13-19-34(43-2)20-14-31)36(24-41)40(49-37)46-23-7-10-29-8-5-4-6-9-29/h4-6,8-9,11-22,24,37-40H,7,10,23,25-28H2,1-3H3/b36-24-/t37?,38?,39?,40-/m0/s1. The predicted octanol–water partition coefficient (Wildman–Crippen LogP) is 8.09. The highest BCUT2D eigenvalue weighted by molar-refractivity contribution is 14.1. The van der Waals surface area contributed by atoms with Gasteiger partial charge in [-0.15, -0.1) is 0 Å². The normalized spacial score (nSPS) is 19.9. The second-order valence-electron chi connectivity index (χ2n) is 11.6. The number of aryl methyl sites for hydroxylation is 1. The maximum Gasteiger partial charge on any atom is 0.183 e. The molecule has 8 nitrogen and oxygen atoms in total. The van der Waals surface area contributed by atoms with Gasteiger partial charge in [-0.1, -0.05) is 89.3 Å². The monoisotopic (exact) mass is 780 g/mol. The van der Waals surface area contributed by atoms with Gasteiger partial charge < -0.3 is 37.9 Å². The molecule has 9 heteroatoms. The van der Waals surface area contributed by atoms with Gasteiger partial charge >= 0.3 is 0 Å². The van der Waals surface area contributed by atoms with Gasteiger partial charge in [0.05, 0.1) is 54.4 Å². The number of hydrogen-bond acceptors (Lipinski definition) is 8. The van der Waals surface area contributed by atoms with Gasteiger partial charge in [-0.2, -0.15) is 0 Å². The highest BCUT2D eigenvalue weighted by atomic mass is 127. The molecular formula is C40H45IO8. The lowest BCUT2D eigenvalue weighted by molar-refractivity contribution is -0.249. The van der Waals surface area contributed by atoms with E-state index >= 15 is 0 Å². The van der Waals surface area contributed by atoms with Crippen LogP contribution in [0.25, 0.3) is 0 Å². The van der Waals surface area contributed by atoms with Crippen LogP contribution in [-0.2, 0) is 49.9 Å². The molecule has 1 heterocycles. The molecule has 0 aromatic heterocycles. The van der Waals surface area contributed by atoms with E-state index in [9.17, 15) is 0 Å². The molecule has 0 amide bonds. The Labute approximate surface area is 303 Å². The van der Waals surface area contributed by atoms with Gasteiger partial charge in [0.15, 0.2) is 6.29 Å². The molecule has 0 bridgehead atoms. The fourth-order valence-electron chi connectivity index (χ4n) is 5.55. The third-order valence-corrected chi connectivity index (χ3v) is 9.03. The number of benzene rings is 4. The van der Waals surface area contributed by atoms with Crippen LogP contribution >= 0.6 is 22.6 Å². The third-order valence-electron chi connectivity index (χ3n) is 8.31. The number of ether oxygens (including phenoxy) is 8. The molecule has 0 spiro atoms. The van der Waals surface area contributed by atoms with E-state index in [1.54, 1.807) is 21.3 Å². The van der Waals surface area contributed by atoms with Crippen molar-refractivity contribution in [2.75, 3.05) is 34.5 Å². The van der Waals surface area contributed by atoms with E-state index in [0.29, 0.717) is 26.4 Å². The summed E-state index contributed by atoms with van der Waals surface area (Å²) in [5, 5.41) is 0. The topological polar surface area (TPSA) is 73.8 Å². The molecule has 3 unspecified atom stereocenters. The van der Waals surface area contributed by atoms with Crippen molar-refractivity contribution in [3.05, 3.63) is 135 Å². The molecule has 4 atom stereocenters. The molecule has 0 radical (unpaired) electrons. The molecule has 1 aliphatic rings. The van der Waals surface area contributed by atoms with Crippen LogP contribution in [0.2, 0.25) is 0 Å². The summed E-state index contributed by atoms with van der Waals surface area (Å²) < 4.78 is 50.8. The van der Waals surface area contributed by atoms with E-state index < -0.39 is 24.6 Å². The minimum Gasteiger partial charge on any atom is -0.497 e. The van der Waals surface area contributed by atoms with Crippen LogP contribution in [0, 0.1) is 0 Å². The number of rotatable bonds is 18. The highest BCUT2D eigenvalue weighted by Gasteiger charge is 2.44. The van der Waals surface area contributed by atoms with Gasteiger partial charge in [-0.05, 0) is 75.6 Å². The molecule has 0 aliphatic carbocycles. The molecule has 0 saturated carbocycles. The molecule has 1 aliphatic heterocycles. The van der Waals surface area contributed by atoms with E-state index in [4.69, 9.17) is 37.9 Å². The van der Waals surface area contributed by atoms with Gasteiger partial charge in [0.2, 0.25) is 0 Å². The molecule has 49 heavy (non-hydrogen) atoms. The quantitative estimate of drug-likeness (QED) is 0.0742. The first kappa shape index (κ1) is 36.8. The summed E-state index contributed by atoms with van der Waals surface area (Å²) in [4.78, 5) is 0. The first-order valence-corrected chi connectivity index (χ1v) is 17.7. The zero-order valence-electron chi connectivity index (χ0n) is 28.3. The van der Waals surface area contributed by atoms with Crippen LogP contribution in [-0.4, -0.2) is 59.1 Å². The van der Waals surface area contributed by atoms with Gasteiger partial charge in [-0.3, -0.25) is 0 Å². The van der Waals surface area contributed by atoms with Crippen LogP contribution in [0.5, 0.6) is 17.2 Å². The highest BCUT2D eigenvalue weighted by Crippen LogP contribution is 2.34. The minimum absolute atomic E-state index is 0.278. The number of methoxy groups -OCH3 is 3. The van der Waals surface area contributed by atoms with E-state index in [1.807, 2.05) is 82.9 Å². The molecule has 4 aromatic carbocycles.